The maximum absolute atomic E-state index is 14.0. The average molecular weight is 642 g/mol. The van der Waals surface area contributed by atoms with Gasteiger partial charge in [-0.3, -0.25) is 10.1 Å². The molecule has 0 saturated carbocycles. The molecule has 0 radical (unpaired) electrons. The van der Waals surface area contributed by atoms with Gasteiger partial charge in [0.1, 0.15) is 30.8 Å². The first kappa shape index (κ1) is 35.8. The van der Waals surface area contributed by atoms with Crippen molar-refractivity contribution in [3.63, 3.8) is 0 Å². The van der Waals surface area contributed by atoms with Crippen LogP contribution < -0.4 is 15.4 Å². The molecule has 2 unspecified atom stereocenters. The molecule has 0 aliphatic carbocycles. The van der Waals surface area contributed by atoms with E-state index in [0.717, 1.165) is 19.2 Å². The number of hydrogen-bond acceptors (Lipinski definition) is 10. The normalized spacial score (nSPS) is 15.7. The number of carbonyl (C=O) groups excluding carboxylic acids is 2. The molecule has 238 valence electrons. The summed E-state index contributed by atoms with van der Waals surface area (Å²) in [6, 6.07) is 13.6. The molecule has 1 heterocycles. The van der Waals surface area contributed by atoms with Crippen molar-refractivity contribution < 1.29 is 47.0 Å². The Labute approximate surface area is 256 Å². The first-order chi connectivity index (χ1) is 20.4. The van der Waals surface area contributed by atoms with Gasteiger partial charge in [-0.1, -0.05) is 36.4 Å². The van der Waals surface area contributed by atoms with Crippen molar-refractivity contribution in [2.24, 2.45) is 0 Å². The number of nitrogens with zero attached hydrogens (tertiary/aromatic N) is 1. The third-order valence-corrected chi connectivity index (χ3v) is 6.19. The standard InChI is InChI=1S/C29H30F3N3O8.ClH/c1-18-23(28(38)42-14-7-6-13-33-16-21(36)17-43-22-11-4-3-5-12-22)24(19-9-8-10-20(15-19)35(39)40)25(27(37)41-2)26(34-18)29(30,31)32;/h3-12,15,21,24,33-34,36H,13-14,16-17H2,1-2H3;1H. The molecule has 3 rings (SSSR count). The van der Waals surface area contributed by atoms with Gasteiger partial charge in [-0.25, -0.2) is 9.59 Å². The van der Waals surface area contributed by atoms with Crippen molar-refractivity contribution in [3.8, 4) is 5.75 Å². The predicted molar refractivity (Wildman–Crippen MR) is 155 cm³/mol. The largest absolute Gasteiger partial charge is 0.491 e. The van der Waals surface area contributed by atoms with Crippen LogP contribution in [0, 0.1) is 10.1 Å². The number of methoxy groups -OCH3 is 1. The zero-order chi connectivity index (χ0) is 31.6. The lowest BCUT2D eigenvalue weighted by molar-refractivity contribution is -0.384. The highest BCUT2D eigenvalue weighted by molar-refractivity contribution is 6.00. The molecule has 44 heavy (non-hydrogen) atoms. The van der Waals surface area contributed by atoms with Crippen molar-refractivity contribution >= 4 is 30.0 Å². The lowest BCUT2D eigenvalue weighted by Crippen LogP contribution is -2.38. The number of esters is 2. The van der Waals surface area contributed by atoms with Crippen LogP contribution in [0.25, 0.3) is 0 Å². The van der Waals surface area contributed by atoms with E-state index in [-0.39, 0.29) is 49.0 Å². The summed E-state index contributed by atoms with van der Waals surface area (Å²) in [4.78, 5) is 36.4. The summed E-state index contributed by atoms with van der Waals surface area (Å²) >= 11 is 0. The van der Waals surface area contributed by atoms with Gasteiger partial charge in [0.2, 0.25) is 0 Å². The van der Waals surface area contributed by atoms with Crippen molar-refractivity contribution in [1.29, 1.82) is 0 Å². The second-order valence-corrected chi connectivity index (χ2v) is 9.23. The van der Waals surface area contributed by atoms with Crippen molar-refractivity contribution in [3.05, 3.63) is 105 Å². The molecule has 0 spiro atoms. The number of non-ortho nitro benzene ring substituents is 1. The Kier molecular flexibility index (Phi) is 13.4. The number of benzene rings is 2. The summed E-state index contributed by atoms with van der Waals surface area (Å²) in [5, 5.41) is 26.4. The van der Waals surface area contributed by atoms with Gasteiger partial charge in [-0.05, 0) is 30.7 Å². The summed E-state index contributed by atoms with van der Waals surface area (Å²) in [6.45, 7) is 1.51. The highest BCUT2D eigenvalue weighted by atomic mass is 35.5. The molecule has 0 amide bonds. The fraction of sp³-hybridized carbons (Fsp3) is 0.310. The molecule has 0 saturated heterocycles. The lowest BCUT2D eigenvalue weighted by atomic mass is 9.80. The third-order valence-electron chi connectivity index (χ3n) is 6.19. The van der Waals surface area contributed by atoms with Gasteiger partial charge >= 0.3 is 18.1 Å². The van der Waals surface area contributed by atoms with E-state index < -0.39 is 52.0 Å². The van der Waals surface area contributed by atoms with Gasteiger partial charge in [0.05, 0.1) is 29.1 Å². The highest BCUT2D eigenvalue weighted by Crippen LogP contribution is 2.43. The van der Waals surface area contributed by atoms with Gasteiger partial charge in [-0.2, -0.15) is 13.2 Å². The minimum absolute atomic E-state index is 0. The number of dihydropyridines is 1. The molecule has 15 heteroatoms. The Hall–Kier alpha value is -4.40. The molecule has 0 fully saturated rings. The fourth-order valence-electron chi connectivity index (χ4n) is 4.26. The number of carbonyl (C=O) groups is 2. The van der Waals surface area contributed by atoms with Crippen molar-refractivity contribution in [2.75, 3.05) is 33.4 Å². The molecule has 3 N–H and O–H groups in total. The van der Waals surface area contributed by atoms with E-state index in [4.69, 9.17) is 9.47 Å². The summed E-state index contributed by atoms with van der Waals surface area (Å²) in [5.74, 6) is -3.48. The Bertz CT molecular complexity index is 1410. The molecule has 0 aromatic heterocycles. The van der Waals surface area contributed by atoms with Crippen molar-refractivity contribution in [2.45, 2.75) is 25.1 Å². The van der Waals surface area contributed by atoms with Gasteiger partial charge in [-0.15, -0.1) is 12.4 Å². The molecule has 2 atom stereocenters. The van der Waals surface area contributed by atoms with E-state index in [2.05, 4.69) is 15.4 Å². The lowest BCUT2D eigenvalue weighted by Gasteiger charge is -2.31. The maximum Gasteiger partial charge on any atom is 0.431 e. The predicted octanol–water partition coefficient (Wildman–Crippen LogP) is 4.10. The molecule has 1 aliphatic heterocycles. The monoisotopic (exact) mass is 641 g/mol. The van der Waals surface area contributed by atoms with Crippen LogP contribution in [0.2, 0.25) is 0 Å². The topological polar surface area (TPSA) is 149 Å². The van der Waals surface area contributed by atoms with Gasteiger partial charge in [0.25, 0.3) is 5.69 Å². The maximum atomic E-state index is 14.0. The third kappa shape index (κ3) is 9.56. The number of ether oxygens (including phenoxy) is 3. The zero-order valence-electron chi connectivity index (χ0n) is 23.6. The summed E-state index contributed by atoms with van der Waals surface area (Å²) in [7, 11) is 0.880. The van der Waals surface area contributed by atoms with Crippen LogP contribution in [0.4, 0.5) is 18.9 Å². The van der Waals surface area contributed by atoms with Crippen LogP contribution in [-0.4, -0.2) is 67.7 Å². The quantitative estimate of drug-likeness (QED) is 0.0960. The SMILES string of the molecule is COC(=O)C1=C(C(F)(F)F)NC(C)=C(C(=O)OCC=CCNCC(O)COc2ccccc2)C1c1cccc([N+](=O)[O-])c1.Cl. The number of para-hydroxylation sites is 1. The number of halogens is 4. The Morgan fingerprint density at radius 3 is 2.45 bits per heavy atom. The van der Waals surface area contributed by atoms with Gasteiger partial charge < -0.3 is 30.0 Å². The molecular formula is C29H31ClF3N3O8. The number of aliphatic hydroxyl groups excluding tert-OH is 1. The van der Waals surface area contributed by atoms with E-state index in [1.807, 2.05) is 18.2 Å². The van der Waals surface area contributed by atoms with Crippen LogP contribution in [0.3, 0.4) is 0 Å². The average Bonchev–Trinajstić information content (AvgIpc) is 2.98. The Morgan fingerprint density at radius 1 is 1.11 bits per heavy atom. The number of aliphatic hydroxyl groups is 1. The van der Waals surface area contributed by atoms with E-state index in [0.29, 0.717) is 12.3 Å². The number of rotatable bonds is 13. The molecular weight excluding hydrogens is 611 g/mol. The van der Waals surface area contributed by atoms with Crippen LogP contribution in [0.15, 0.2) is 89.3 Å². The van der Waals surface area contributed by atoms with Gasteiger partial charge in [0, 0.05) is 30.9 Å². The van der Waals surface area contributed by atoms with Crippen LogP contribution in [0.5, 0.6) is 5.75 Å². The first-order valence-corrected chi connectivity index (χ1v) is 12.9. The zero-order valence-corrected chi connectivity index (χ0v) is 24.4. The van der Waals surface area contributed by atoms with E-state index in [1.165, 1.54) is 25.1 Å². The number of allylic oxidation sites excluding steroid dienone is 2. The number of nitro groups is 1. The minimum Gasteiger partial charge on any atom is -0.491 e. The molecule has 2 aromatic rings. The van der Waals surface area contributed by atoms with E-state index in [9.17, 15) is 38.0 Å². The second kappa shape index (κ2) is 16.4. The summed E-state index contributed by atoms with van der Waals surface area (Å²) in [6.07, 6.45) is -2.75. The smallest absolute Gasteiger partial charge is 0.431 e. The summed E-state index contributed by atoms with van der Waals surface area (Å²) < 4.78 is 57.3. The summed E-state index contributed by atoms with van der Waals surface area (Å²) in [5.41, 5.74) is -3.55. The highest BCUT2D eigenvalue weighted by Gasteiger charge is 2.47. The molecule has 11 nitrogen and oxygen atoms in total. The molecule has 1 aliphatic rings. The van der Waals surface area contributed by atoms with Crippen LogP contribution in [-0.2, 0) is 19.1 Å². The van der Waals surface area contributed by atoms with Crippen LogP contribution >= 0.6 is 12.4 Å². The van der Waals surface area contributed by atoms with E-state index in [1.54, 1.807) is 18.2 Å². The fourth-order valence-corrected chi connectivity index (χ4v) is 4.26. The number of nitrogens with one attached hydrogen (secondary N) is 2. The molecule has 0 bridgehead atoms. The number of nitro benzene ring substituents is 1. The number of hydrogen-bond donors (Lipinski definition) is 3. The minimum atomic E-state index is -5.05. The van der Waals surface area contributed by atoms with E-state index >= 15 is 0 Å². The Morgan fingerprint density at radius 2 is 1.82 bits per heavy atom. The number of alkyl halides is 3. The van der Waals surface area contributed by atoms with Crippen LogP contribution in [0.1, 0.15) is 18.4 Å². The Balaban J connectivity index is 0.00000675. The first-order valence-electron chi connectivity index (χ1n) is 12.9. The molecule has 2 aromatic carbocycles. The second-order valence-electron chi connectivity index (χ2n) is 9.23. The van der Waals surface area contributed by atoms with Crippen molar-refractivity contribution in [1.82, 2.24) is 10.6 Å². The van der Waals surface area contributed by atoms with Gasteiger partial charge in [0.15, 0.2) is 0 Å².